The number of hydrogen-bond acceptors (Lipinski definition) is 3. The van der Waals surface area contributed by atoms with Gasteiger partial charge in [-0.15, -0.1) is 0 Å². The van der Waals surface area contributed by atoms with Crippen molar-refractivity contribution in [2.45, 2.75) is 72.0 Å². The van der Waals surface area contributed by atoms with E-state index in [1.807, 2.05) is 13.8 Å². The summed E-state index contributed by atoms with van der Waals surface area (Å²) < 4.78 is 40.6. The van der Waals surface area contributed by atoms with Crippen LogP contribution in [0.2, 0.25) is 0 Å². The lowest BCUT2D eigenvalue weighted by molar-refractivity contribution is -0.137. The second-order valence-corrected chi connectivity index (χ2v) is 7.80. The van der Waals surface area contributed by atoms with E-state index in [4.69, 9.17) is 0 Å². The van der Waals surface area contributed by atoms with Crippen LogP contribution in [0.1, 0.15) is 74.6 Å². The third kappa shape index (κ3) is 6.18. The van der Waals surface area contributed by atoms with E-state index in [1.54, 1.807) is 11.8 Å². The van der Waals surface area contributed by atoms with E-state index in [2.05, 4.69) is 12.0 Å². The number of nitrogens with zero attached hydrogens (tertiary/aromatic N) is 3. The van der Waals surface area contributed by atoms with Crippen molar-refractivity contribution in [1.29, 1.82) is 0 Å². The zero-order chi connectivity index (χ0) is 23.2. The topological polar surface area (TPSA) is 55.2 Å². The number of amides is 1. The van der Waals surface area contributed by atoms with E-state index >= 15 is 0 Å². The first-order valence-electron chi connectivity index (χ1n) is 10.7. The minimum atomic E-state index is -4.51. The first kappa shape index (κ1) is 24.6. The number of alkyl halides is 3. The van der Waals surface area contributed by atoms with Crippen LogP contribution in [0.4, 0.5) is 13.2 Å². The van der Waals surface area contributed by atoms with Gasteiger partial charge in [-0.1, -0.05) is 39.2 Å². The van der Waals surface area contributed by atoms with Crippen LogP contribution in [0.5, 0.6) is 0 Å². The van der Waals surface area contributed by atoms with Crippen LogP contribution in [-0.2, 0) is 6.18 Å². The molecule has 0 spiro atoms. The van der Waals surface area contributed by atoms with Crippen LogP contribution in [0, 0.1) is 6.92 Å². The minimum absolute atomic E-state index is 0.0705. The molecule has 2 rings (SSSR count). The highest BCUT2D eigenvalue weighted by Crippen LogP contribution is 2.30. The van der Waals surface area contributed by atoms with E-state index in [1.165, 1.54) is 22.9 Å². The average Bonchev–Trinajstić information content (AvgIpc) is 2.70. The number of aromatic nitrogens is 2. The van der Waals surface area contributed by atoms with Crippen molar-refractivity contribution in [3.05, 3.63) is 57.5 Å². The van der Waals surface area contributed by atoms with Gasteiger partial charge in [0.2, 0.25) is 5.43 Å². The van der Waals surface area contributed by atoms with Gasteiger partial charge >= 0.3 is 6.18 Å². The van der Waals surface area contributed by atoms with Gasteiger partial charge in [0.05, 0.1) is 11.3 Å². The third-order valence-corrected chi connectivity index (χ3v) is 5.23. The molecule has 1 unspecified atom stereocenters. The van der Waals surface area contributed by atoms with Crippen LogP contribution >= 0.6 is 0 Å². The Morgan fingerprint density at radius 2 is 1.87 bits per heavy atom. The van der Waals surface area contributed by atoms with Gasteiger partial charge in [0.25, 0.3) is 5.91 Å². The molecule has 1 heterocycles. The van der Waals surface area contributed by atoms with Gasteiger partial charge < -0.3 is 4.90 Å². The first-order chi connectivity index (χ1) is 14.6. The lowest BCUT2D eigenvalue weighted by Gasteiger charge is -2.29. The van der Waals surface area contributed by atoms with E-state index in [0.29, 0.717) is 12.2 Å². The van der Waals surface area contributed by atoms with Gasteiger partial charge in [-0.2, -0.15) is 18.3 Å². The molecule has 0 aliphatic carbocycles. The maximum absolute atomic E-state index is 13.3. The maximum Gasteiger partial charge on any atom is 0.416 e. The smallest absolute Gasteiger partial charge is 0.334 e. The first-order valence-corrected chi connectivity index (χ1v) is 10.7. The van der Waals surface area contributed by atoms with Crippen molar-refractivity contribution in [3.8, 4) is 5.69 Å². The molecule has 1 amide bonds. The van der Waals surface area contributed by atoms with E-state index in [9.17, 15) is 22.8 Å². The fourth-order valence-electron chi connectivity index (χ4n) is 3.53. The number of unbranched alkanes of at least 4 members (excludes halogenated alkanes) is 2. The molecule has 0 bridgehead atoms. The fourth-order valence-corrected chi connectivity index (χ4v) is 3.53. The average molecular weight is 438 g/mol. The molecular weight excluding hydrogens is 407 g/mol. The van der Waals surface area contributed by atoms with Crippen molar-refractivity contribution in [2.24, 2.45) is 0 Å². The molecule has 0 fully saturated rings. The Kier molecular flexibility index (Phi) is 8.42. The zero-order valence-electron chi connectivity index (χ0n) is 18.5. The molecule has 0 radical (unpaired) electrons. The standard InChI is InChI=1S/C23H30F3N3O2/c1-5-7-8-13-28(16(3)10-6-2)22(31)21-20(30)14-17(4)29(27-21)19-12-9-11-18(15-19)23(24,25)26/h9,11-12,14-16H,5-8,10,13H2,1-4H3. The van der Waals surface area contributed by atoms with Crippen molar-refractivity contribution >= 4 is 5.91 Å². The molecule has 170 valence electrons. The Bertz CT molecular complexity index is 954. The minimum Gasteiger partial charge on any atom is -0.334 e. The number of carbonyl (C=O) groups excluding carboxylic acids is 1. The largest absolute Gasteiger partial charge is 0.416 e. The Labute approximate surface area is 180 Å². The number of halogens is 3. The van der Waals surface area contributed by atoms with Crippen LogP contribution in [0.15, 0.2) is 35.1 Å². The van der Waals surface area contributed by atoms with Gasteiger partial charge in [0.15, 0.2) is 5.69 Å². The number of hydrogen-bond donors (Lipinski definition) is 0. The summed E-state index contributed by atoms with van der Waals surface area (Å²) in [5, 5.41) is 4.20. The molecular formula is C23H30F3N3O2. The Balaban J connectivity index is 2.49. The maximum atomic E-state index is 13.3. The lowest BCUT2D eigenvalue weighted by atomic mass is 10.1. The molecule has 5 nitrogen and oxygen atoms in total. The van der Waals surface area contributed by atoms with E-state index < -0.39 is 23.1 Å². The van der Waals surface area contributed by atoms with Gasteiger partial charge in [-0.25, -0.2) is 4.68 Å². The molecule has 0 aliphatic rings. The molecule has 0 N–H and O–H groups in total. The SMILES string of the molecule is CCCCCN(C(=O)c1nn(-c2cccc(C(F)(F)F)c2)c(C)cc1=O)C(C)CCC. The van der Waals surface area contributed by atoms with Gasteiger partial charge in [0, 0.05) is 24.3 Å². The van der Waals surface area contributed by atoms with Crippen molar-refractivity contribution in [1.82, 2.24) is 14.7 Å². The Hall–Kier alpha value is -2.64. The number of aryl methyl sites for hydroxylation is 1. The molecule has 1 aromatic carbocycles. The number of rotatable bonds is 9. The van der Waals surface area contributed by atoms with Gasteiger partial charge in [-0.05, 0) is 44.9 Å². The summed E-state index contributed by atoms with van der Waals surface area (Å²) in [4.78, 5) is 27.5. The molecule has 8 heteroatoms. The third-order valence-electron chi connectivity index (χ3n) is 5.23. The van der Waals surface area contributed by atoms with E-state index in [0.717, 1.165) is 44.2 Å². The summed E-state index contributed by atoms with van der Waals surface area (Å²) in [7, 11) is 0. The fraction of sp³-hybridized carbons (Fsp3) is 0.522. The summed E-state index contributed by atoms with van der Waals surface area (Å²) in [5.41, 5.74) is -1.14. The highest BCUT2D eigenvalue weighted by molar-refractivity contribution is 5.92. The predicted molar refractivity (Wildman–Crippen MR) is 115 cm³/mol. The Morgan fingerprint density at radius 1 is 1.16 bits per heavy atom. The summed E-state index contributed by atoms with van der Waals surface area (Å²) in [6, 6.07) is 5.84. The van der Waals surface area contributed by atoms with Gasteiger partial charge in [0.1, 0.15) is 0 Å². The second-order valence-electron chi connectivity index (χ2n) is 7.80. The van der Waals surface area contributed by atoms with E-state index in [-0.39, 0.29) is 17.4 Å². The number of carbonyl (C=O) groups is 1. The van der Waals surface area contributed by atoms with Crippen LogP contribution in [0.3, 0.4) is 0 Å². The summed E-state index contributed by atoms with van der Waals surface area (Å²) >= 11 is 0. The molecule has 2 aromatic rings. The van der Waals surface area contributed by atoms with Crippen LogP contribution in [-0.4, -0.2) is 33.2 Å². The molecule has 1 aromatic heterocycles. The number of benzene rings is 1. The quantitative estimate of drug-likeness (QED) is 0.495. The zero-order valence-corrected chi connectivity index (χ0v) is 18.5. The monoisotopic (exact) mass is 437 g/mol. The molecule has 1 atom stereocenters. The normalized spacial score (nSPS) is 12.6. The van der Waals surface area contributed by atoms with Gasteiger partial charge in [-0.3, -0.25) is 9.59 Å². The molecule has 0 saturated heterocycles. The van der Waals surface area contributed by atoms with Crippen molar-refractivity contribution in [3.63, 3.8) is 0 Å². The summed E-state index contributed by atoms with van der Waals surface area (Å²) in [5.74, 6) is -0.484. The van der Waals surface area contributed by atoms with Crippen molar-refractivity contribution < 1.29 is 18.0 Å². The predicted octanol–water partition coefficient (Wildman–Crippen LogP) is 5.38. The highest BCUT2D eigenvalue weighted by atomic mass is 19.4. The van der Waals surface area contributed by atoms with Crippen LogP contribution < -0.4 is 5.43 Å². The van der Waals surface area contributed by atoms with Crippen LogP contribution in [0.25, 0.3) is 5.69 Å². The molecule has 0 saturated carbocycles. The summed E-state index contributed by atoms with van der Waals surface area (Å²) in [6.07, 6.45) is -0.0783. The molecule has 31 heavy (non-hydrogen) atoms. The summed E-state index contributed by atoms with van der Waals surface area (Å²) in [6.45, 7) is 8.10. The second kappa shape index (κ2) is 10.6. The molecule has 0 aliphatic heterocycles. The Morgan fingerprint density at radius 3 is 2.48 bits per heavy atom. The lowest BCUT2D eigenvalue weighted by Crippen LogP contribution is -2.42. The highest BCUT2D eigenvalue weighted by Gasteiger charge is 2.31. The van der Waals surface area contributed by atoms with Crippen molar-refractivity contribution in [2.75, 3.05) is 6.54 Å².